The van der Waals surface area contributed by atoms with E-state index in [-0.39, 0.29) is 22.9 Å². The molecule has 12 heteroatoms. The summed E-state index contributed by atoms with van der Waals surface area (Å²) < 4.78 is 8.75. The number of methoxy groups -OCH3 is 1. The molecule has 0 aliphatic carbocycles. The van der Waals surface area contributed by atoms with E-state index in [1.54, 1.807) is 40.8 Å². The highest BCUT2D eigenvalue weighted by molar-refractivity contribution is 6.10. The normalized spacial score (nSPS) is 15.1. The monoisotopic (exact) mass is 517 g/mol. The lowest BCUT2D eigenvalue weighted by atomic mass is 10.0. The predicted octanol–water partition coefficient (Wildman–Crippen LogP) is 2.91. The maximum atomic E-state index is 13.3. The molecule has 1 saturated heterocycles. The summed E-state index contributed by atoms with van der Waals surface area (Å²) >= 11 is 0. The highest BCUT2D eigenvalue weighted by Gasteiger charge is 2.33. The van der Waals surface area contributed by atoms with Crippen molar-refractivity contribution in [1.29, 1.82) is 0 Å². The first-order valence-corrected chi connectivity index (χ1v) is 12.4. The molecule has 12 nitrogen and oxygen atoms in total. The second-order valence-electron chi connectivity index (χ2n) is 10.1. The van der Waals surface area contributed by atoms with Crippen LogP contribution in [0.4, 0.5) is 11.4 Å². The van der Waals surface area contributed by atoms with Gasteiger partial charge in [0.25, 0.3) is 5.91 Å². The summed E-state index contributed by atoms with van der Waals surface area (Å²) in [5.41, 5.74) is 3.73. The fraction of sp³-hybridized carbons (Fsp3) is 0.385. The lowest BCUT2D eigenvalue weighted by Gasteiger charge is -2.30. The Morgan fingerprint density at radius 3 is 2.63 bits per heavy atom. The number of hydrogen-bond donors (Lipinski definition) is 2. The number of fused-ring (bicyclic) bond motifs is 1. The van der Waals surface area contributed by atoms with Gasteiger partial charge < -0.3 is 15.4 Å². The second-order valence-corrected chi connectivity index (χ2v) is 10.1. The van der Waals surface area contributed by atoms with Gasteiger partial charge in [0.1, 0.15) is 5.52 Å². The molecule has 0 spiro atoms. The van der Waals surface area contributed by atoms with Gasteiger partial charge >= 0.3 is 0 Å². The SMILES string of the molecule is COc1nc(-c2cnn(C)c2)cn2ncc(C(=O)Nc3cc(NC(=O)CN4CCCC4(C)C)cnc3C)c12. The largest absolute Gasteiger partial charge is 0.479 e. The fourth-order valence-corrected chi connectivity index (χ4v) is 4.73. The van der Waals surface area contributed by atoms with E-state index in [4.69, 9.17) is 4.74 Å². The minimum Gasteiger partial charge on any atom is -0.479 e. The Balaban J connectivity index is 1.35. The summed E-state index contributed by atoms with van der Waals surface area (Å²) in [7, 11) is 3.31. The summed E-state index contributed by atoms with van der Waals surface area (Å²) in [5, 5.41) is 14.3. The molecule has 0 bridgehead atoms. The number of nitrogens with zero attached hydrogens (tertiary/aromatic N) is 7. The van der Waals surface area contributed by atoms with Crippen molar-refractivity contribution in [3.05, 3.63) is 48.3 Å². The van der Waals surface area contributed by atoms with Gasteiger partial charge in [0, 0.05) is 24.3 Å². The van der Waals surface area contributed by atoms with Crippen molar-refractivity contribution >= 4 is 28.7 Å². The van der Waals surface area contributed by atoms with Gasteiger partial charge in [-0.3, -0.25) is 24.2 Å². The standard InChI is InChI=1S/C26H31N9O3/c1-16-20(9-18(11-27-16)30-22(36)15-34-8-6-7-26(34,2)3)31-24(37)19-12-29-35-14-21(17-10-28-33(4)13-17)32-25(38-5)23(19)35/h9-14H,6-8,15H2,1-5H3,(H,30,36)(H,31,37). The number of carbonyl (C=O) groups is 2. The molecule has 4 aromatic heterocycles. The van der Waals surface area contributed by atoms with Crippen LogP contribution in [0.25, 0.3) is 16.8 Å². The van der Waals surface area contributed by atoms with Gasteiger partial charge in [-0.25, -0.2) is 9.50 Å². The van der Waals surface area contributed by atoms with Gasteiger partial charge in [-0.1, -0.05) is 0 Å². The summed E-state index contributed by atoms with van der Waals surface area (Å²) in [4.78, 5) is 37.1. The van der Waals surface area contributed by atoms with E-state index in [0.29, 0.717) is 34.8 Å². The van der Waals surface area contributed by atoms with Crippen LogP contribution in [0.1, 0.15) is 42.7 Å². The van der Waals surface area contributed by atoms with Gasteiger partial charge in [0.2, 0.25) is 11.8 Å². The number of aromatic nitrogens is 6. The number of aryl methyl sites for hydroxylation is 2. The van der Waals surface area contributed by atoms with Crippen molar-refractivity contribution < 1.29 is 14.3 Å². The molecule has 0 unspecified atom stereocenters. The fourth-order valence-electron chi connectivity index (χ4n) is 4.73. The molecule has 198 valence electrons. The number of likely N-dealkylation sites (tertiary alicyclic amines) is 1. The Bertz CT molecular complexity index is 1520. The van der Waals surface area contributed by atoms with Crippen LogP contribution in [0.5, 0.6) is 5.88 Å². The quantitative estimate of drug-likeness (QED) is 0.383. The number of hydrogen-bond acceptors (Lipinski definition) is 8. The lowest BCUT2D eigenvalue weighted by molar-refractivity contribution is -0.118. The van der Waals surface area contributed by atoms with E-state index in [2.05, 4.69) is 49.5 Å². The smallest absolute Gasteiger partial charge is 0.259 e. The number of anilines is 2. The van der Waals surface area contributed by atoms with Crippen molar-refractivity contribution in [1.82, 2.24) is 34.3 Å². The topological polar surface area (TPSA) is 132 Å². The van der Waals surface area contributed by atoms with Gasteiger partial charge in [-0.2, -0.15) is 10.2 Å². The van der Waals surface area contributed by atoms with E-state index in [1.165, 1.54) is 13.3 Å². The average Bonchev–Trinajstić information content (AvgIpc) is 3.59. The molecule has 0 atom stereocenters. The van der Waals surface area contributed by atoms with E-state index in [0.717, 1.165) is 24.9 Å². The number of ether oxygens (including phenoxy) is 1. The molecule has 38 heavy (non-hydrogen) atoms. The third-order valence-electron chi connectivity index (χ3n) is 6.93. The summed E-state index contributed by atoms with van der Waals surface area (Å²) in [6.45, 7) is 7.29. The third-order valence-corrected chi connectivity index (χ3v) is 6.93. The zero-order valence-electron chi connectivity index (χ0n) is 22.1. The average molecular weight is 518 g/mol. The highest BCUT2D eigenvalue weighted by atomic mass is 16.5. The van der Waals surface area contributed by atoms with E-state index >= 15 is 0 Å². The van der Waals surface area contributed by atoms with Crippen LogP contribution >= 0.6 is 0 Å². The van der Waals surface area contributed by atoms with Crippen molar-refractivity contribution in [2.75, 3.05) is 30.8 Å². The molecule has 5 rings (SSSR count). The highest BCUT2D eigenvalue weighted by Crippen LogP contribution is 2.29. The molecule has 4 aromatic rings. The maximum absolute atomic E-state index is 13.3. The van der Waals surface area contributed by atoms with Gasteiger partial charge in [-0.05, 0) is 46.2 Å². The van der Waals surface area contributed by atoms with Gasteiger partial charge in [-0.15, -0.1) is 0 Å². The summed E-state index contributed by atoms with van der Waals surface area (Å²) in [6, 6.07) is 1.70. The minimum absolute atomic E-state index is 0.00499. The van der Waals surface area contributed by atoms with Gasteiger partial charge in [0.05, 0.1) is 66.8 Å². The van der Waals surface area contributed by atoms with E-state index in [9.17, 15) is 9.59 Å². The predicted molar refractivity (Wildman–Crippen MR) is 142 cm³/mol. The molecule has 1 aliphatic rings. The van der Waals surface area contributed by atoms with Crippen LogP contribution in [0, 0.1) is 6.92 Å². The van der Waals surface area contributed by atoms with Crippen molar-refractivity contribution in [3.8, 4) is 17.1 Å². The van der Waals surface area contributed by atoms with E-state index in [1.807, 2.05) is 13.2 Å². The van der Waals surface area contributed by atoms with Gasteiger partial charge in [0.15, 0.2) is 0 Å². The van der Waals surface area contributed by atoms with Crippen LogP contribution in [-0.2, 0) is 11.8 Å². The number of rotatable bonds is 7. The molecule has 1 aliphatic heterocycles. The van der Waals surface area contributed by atoms with E-state index < -0.39 is 5.91 Å². The molecular weight excluding hydrogens is 486 g/mol. The Labute approximate surface area is 220 Å². The van der Waals surface area contributed by atoms with Crippen LogP contribution in [0.2, 0.25) is 0 Å². The van der Waals surface area contributed by atoms with Crippen LogP contribution < -0.4 is 15.4 Å². The molecule has 0 aromatic carbocycles. The minimum atomic E-state index is -0.401. The number of amides is 2. The van der Waals surface area contributed by atoms with Crippen molar-refractivity contribution in [2.45, 2.75) is 39.2 Å². The number of carbonyl (C=O) groups excluding carboxylic acids is 2. The molecule has 1 fully saturated rings. The maximum Gasteiger partial charge on any atom is 0.259 e. The lowest BCUT2D eigenvalue weighted by Crippen LogP contribution is -2.42. The Hall–Kier alpha value is -4.32. The Morgan fingerprint density at radius 1 is 1.13 bits per heavy atom. The van der Waals surface area contributed by atoms with Crippen molar-refractivity contribution in [3.63, 3.8) is 0 Å². The summed E-state index contributed by atoms with van der Waals surface area (Å²) in [5.74, 6) is -0.262. The van der Waals surface area contributed by atoms with Crippen LogP contribution in [0.3, 0.4) is 0 Å². The first kappa shape index (κ1) is 25.3. The molecule has 0 saturated carbocycles. The first-order valence-electron chi connectivity index (χ1n) is 12.4. The molecule has 2 N–H and O–H groups in total. The zero-order valence-corrected chi connectivity index (χ0v) is 22.1. The molecular formula is C26H31N9O3. The molecule has 5 heterocycles. The first-order chi connectivity index (χ1) is 18.1. The zero-order chi connectivity index (χ0) is 27.0. The molecule has 0 radical (unpaired) electrons. The Kier molecular flexibility index (Phi) is 6.57. The van der Waals surface area contributed by atoms with Crippen LogP contribution in [0.15, 0.2) is 37.1 Å². The number of pyridine rings is 1. The second kappa shape index (κ2) is 9.86. The van der Waals surface area contributed by atoms with Crippen molar-refractivity contribution in [2.24, 2.45) is 7.05 Å². The molecule has 2 amide bonds. The van der Waals surface area contributed by atoms with Crippen LogP contribution in [-0.4, -0.2) is 71.8 Å². The summed E-state index contributed by atoms with van der Waals surface area (Å²) in [6.07, 6.45) is 10.4. The Morgan fingerprint density at radius 2 is 1.95 bits per heavy atom. The number of nitrogens with one attached hydrogen (secondary N) is 2. The third kappa shape index (κ3) is 4.94.